The molecular formula is C9H10N6OS. The van der Waals surface area contributed by atoms with Gasteiger partial charge in [-0.1, -0.05) is 11.3 Å². The average molecular weight is 250 g/mol. The summed E-state index contributed by atoms with van der Waals surface area (Å²) in [6.07, 6.45) is 3.40. The molecule has 0 bridgehead atoms. The van der Waals surface area contributed by atoms with Gasteiger partial charge in [-0.2, -0.15) is 0 Å². The lowest BCUT2D eigenvalue weighted by molar-refractivity contribution is -0.119. The molecular weight excluding hydrogens is 240 g/mol. The molecule has 0 saturated heterocycles. The third-order valence-corrected chi connectivity index (χ3v) is 2.82. The number of amides is 1. The highest BCUT2D eigenvalue weighted by Crippen LogP contribution is 2.24. The van der Waals surface area contributed by atoms with E-state index in [1.54, 1.807) is 12.4 Å². The molecule has 0 atom stereocenters. The van der Waals surface area contributed by atoms with Gasteiger partial charge in [0, 0.05) is 18.0 Å². The summed E-state index contributed by atoms with van der Waals surface area (Å²) in [6.45, 7) is 0.0676. The van der Waals surface area contributed by atoms with E-state index in [1.807, 2.05) is 17.6 Å². The third kappa shape index (κ3) is 2.95. The van der Waals surface area contributed by atoms with Crippen LogP contribution in [0.5, 0.6) is 0 Å². The first kappa shape index (κ1) is 11.4. The first-order valence-electron chi connectivity index (χ1n) is 4.77. The number of hydrogen-bond acceptors (Lipinski definition) is 7. The van der Waals surface area contributed by atoms with Gasteiger partial charge >= 0.3 is 0 Å². The van der Waals surface area contributed by atoms with Crippen molar-refractivity contribution in [3.63, 3.8) is 0 Å². The third-order valence-electron chi connectivity index (χ3n) is 1.89. The van der Waals surface area contributed by atoms with Gasteiger partial charge in [-0.25, -0.2) is 5.84 Å². The Morgan fingerprint density at radius 3 is 3.06 bits per heavy atom. The summed E-state index contributed by atoms with van der Waals surface area (Å²) in [7, 11) is 0. The predicted octanol–water partition coefficient (Wildman–Crippen LogP) is 0.00190. The zero-order valence-corrected chi connectivity index (χ0v) is 9.57. The van der Waals surface area contributed by atoms with Crippen LogP contribution >= 0.6 is 11.3 Å². The van der Waals surface area contributed by atoms with Crippen molar-refractivity contribution < 1.29 is 4.79 Å². The summed E-state index contributed by atoms with van der Waals surface area (Å²) in [6, 6.07) is 3.72. The number of nitrogens with zero attached hydrogens (tertiary/aromatic N) is 3. The molecule has 0 aromatic carbocycles. The van der Waals surface area contributed by atoms with Gasteiger partial charge in [0.1, 0.15) is 0 Å². The lowest BCUT2D eigenvalue weighted by atomic mass is 10.3. The number of pyridine rings is 1. The Labute approximate surface area is 101 Å². The van der Waals surface area contributed by atoms with Crippen LogP contribution in [0.3, 0.4) is 0 Å². The molecule has 4 N–H and O–H groups in total. The topological polar surface area (TPSA) is 106 Å². The quantitative estimate of drug-likeness (QED) is 0.401. The largest absolute Gasteiger partial charge is 0.351 e. The average Bonchev–Trinajstić information content (AvgIpc) is 2.86. The summed E-state index contributed by atoms with van der Waals surface area (Å²) in [5, 5.41) is 12.0. The minimum atomic E-state index is -0.317. The van der Waals surface area contributed by atoms with Crippen LogP contribution in [-0.4, -0.2) is 27.6 Å². The molecule has 2 rings (SSSR count). The molecule has 0 aliphatic carbocycles. The SMILES string of the molecule is NNC(=O)CNc1nnc(-c2cccnc2)s1. The van der Waals surface area contributed by atoms with Crippen LogP contribution in [0.2, 0.25) is 0 Å². The summed E-state index contributed by atoms with van der Waals surface area (Å²) in [4.78, 5) is 14.9. The van der Waals surface area contributed by atoms with Crippen LogP contribution < -0.4 is 16.6 Å². The summed E-state index contributed by atoms with van der Waals surface area (Å²) in [5.74, 6) is 4.64. The van der Waals surface area contributed by atoms with Gasteiger partial charge in [0.25, 0.3) is 5.91 Å². The molecule has 1 amide bonds. The molecule has 17 heavy (non-hydrogen) atoms. The van der Waals surface area contributed by atoms with Crippen molar-refractivity contribution in [3.8, 4) is 10.6 Å². The van der Waals surface area contributed by atoms with Crippen molar-refractivity contribution in [2.45, 2.75) is 0 Å². The highest BCUT2D eigenvalue weighted by Gasteiger charge is 2.07. The van der Waals surface area contributed by atoms with Gasteiger partial charge < -0.3 is 5.32 Å². The zero-order chi connectivity index (χ0) is 12.1. The van der Waals surface area contributed by atoms with Gasteiger partial charge in [0.05, 0.1) is 6.54 Å². The summed E-state index contributed by atoms with van der Waals surface area (Å²) < 4.78 is 0. The molecule has 0 spiro atoms. The number of hydrazine groups is 1. The van der Waals surface area contributed by atoms with Crippen LogP contribution in [-0.2, 0) is 4.79 Å². The van der Waals surface area contributed by atoms with E-state index >= 15 is 0 Å². The number of nitrogens with two attached hydrogens (primary N) is 1. The van der Waals surface area contributed by atoms with E-state index < -0.39 is 0 Å². The van der Waals surface area contributed by atoms with Gasteiger partial charge in [-0.05, 0) is 12.1 Å². The maximum Gasteiger partial charge on any atom is 0.253 e. The number of aromatic nitrogens is 3. The normalized spacial score (nSPS) is 9.94. The smallest absolute Gasteiger partial charge is 0.253 e. The molecule has 0 radical (unpaired) electrons. The second kappa shape index (κ2) is 5.32. The monoisotopic (exact) mass is 250 g/mol. The summed E-state index contributed by atoms with van der Waals surface area (Å²) in [5.41, 5.74) is 2.91. The molecule has 8 heteroatoms. The van der Waals surface area contributed by atoms with Crippen molar-refractivity contribution in [3.05, 3.63) is 24.5 Å². The molecule has 0 fully saturated rings. The number of anilines is 1. The maximum absolute atomic E-state index is 10.9. The van der Waals surface area contributed by atoms with Crippen molar-refractivity contribution >= 4 is 22.4 Å². The number of carbonyl (C=O) groups is 1. The molecule has 0 aliphatic heterocycles. The lowest BCUT2D eigenvalue weighted by Gasteiger charge is -1.98. The molecule has 7 nitrogen and oxygen atoms in total. The van der Waals surface area contributed by atoms with E-state index in [1.165, 1.54) is 11.3 Å². The van der Waals surface area contributed by atoms with Gasteiger partial charge in [-0.3, -0.25) is 15.2 Å². The van der Waals surface area contributed by atoms with Crippen LogP contribution in [0.15, 0.2) is 24.5 Å². The predicted molar refractivity (Wildman–Crippen MR) is 64.0 cm³/mol. The Morgan fingerprint density at radius 1 is 1.47 bits per heavy atom. The van der Waals surface area contributed by atoms with Crippen molar-refractivity contribution in [2.75, 3.05) is 11.9 Å². The van der Waals surface area contributed by atoms with Crippen LogP contribution in [0.1, 0.15) is 0 Å². The van der Waals surface area contributed by atoms with Gasteiger partial charge in [0.15, 0.2) is 5.01 Å². The number of hydrogen-bond donors (Lipinski definition) is 3. The van der Waals surface area contributed by atoms with E-state index in [-0.39, 0.29) is 12.5 Å². The van der Waals surface area contributed by atoms with Crippen molar-refractivity contribution in [2.24, 2.45) is 5.84 Å². The highest BCUT2D eigenvalue weighted by atomic mass is 32.1. The second-order valence-corrected chi connectivity index (χ2v) is 4.05. The maximum atomic E-state index is 10.9. The minimum Gasteiger partial charge on any atom is -0.351 e. The fourth-order valence-electron chi connectivity index (χ4n) is 1.11. The van der Waals surface area contributed by atoms with Crippen LogP contribution in [0.4, 0.5) is 5.13 Å². The van der Waals surface area contributed by atoms with E-state index in [9.17, 15) is 4.79 Å². The fourth-order valence-corrected chi connectivity index (χ4v) is 1.84. The number of carbonyl (C=O) groups excluding carboxylic acids is 1. The zero-order valence-electron chi connectivity index (χ0n) is 8.75. The summed E-state index contributed by atoms with van der Waals surface area (Å²) >= 11 is 1.34. The van der Waals surface area contributed by atoms with Crippen molar-refractivity contribution in [1.29, 1.82) is 0 Å². The van der Waals surface area contributed by atoms with E-state index in [2.05, 4.69) is 20.5 Å². The second-order valence-electron chi connectivity index (χ2n) is 3.08. The van der Waals surface area contributed by atoms with Gasteiger partial charge in [-0.15, -0.1) is 10.2 Å². The number of nitrogens with one attached hydrogen (secondary N) is 2. The van der Waals surface area contributed by atoms with Crippen LogP contribution in [0.25, 0.3) is 10.6 Å². The highest BCUT2D eigenvalue weighted by molar-refractivity contribution is 7.18. The van der Waals surface area contributed by atoms with E-state index in [0.29, 0.717) is 5.13 Å². The molecule has 88 valence electrons. The Hall–Kier alpha value is -2.06. The van der Waals surface area contributed by atoms with E-state index in [0.717, 1.165) is 10.6 Å². The standard InChI is InChI=1S/C9H10N6OS/c10-13-7(16)5-12-9-15-14-8(17-9)6-2-1-3-11-4-6/h1-4H,5,10H2,(H,12,15)(H,13,16). The first-order chi connectivity index (χ1) is 8.29. The molecule has 0 saturated carbocycles. The molecule has 0 aliphatic rings. The molecule has 2 aromatic rings. The van der Waals surface area contributed by atoms with E-state index in [4.69, 9.17) is 5.84 Å². The Morgan fingerprint density at radius 2 is 2.35 bits per heavy atom. The van der Waals surface area contributed by atoms with Crippen LogP contribution in [0, 0.1) is 0 Å². The van der Waals surface area contributed by atoms with Gasteiger partial charge in [0.2, 0.25) is 5.13 Å². The molecule has 2 aromatic heterocycles. The molecule has 0 unspecified atom stereocenters. The minimum absolute atomic E-state index is 0.0676. The Bertz CT molecular complexity index is 499. The first-order valence-corrected chi connectivity index (χ1v) is 5.58. The Kier molecular flexibility index (Phi) is 3.58. The lowest BCUT2D eigenvalue weighted by Crippen LogP contribution is -2.35. The van der Waals surface area contributed by atoms with Crippen molar-refractivity contribution in [1.82, 2.24) is 20.6 Å². The fraction of sp³-hybridized carbons (Fsp3) is 0.111. The Balaban J connectivity index is 2.04. The molecule has 2 heterocycles. The number of rotatable bonds is 4.